The van der Waals surface area contributed by atoms with Crippen LogP contribution in [-0.2, 0) is 3.07 Å². The Balaban J connectivity index is 2.75. The van der Waals surface area contributed by atoms with Crippen LogP contribution >= 0.6 is 0 Å². The Morgan fingerprint density at radius 2 is 1.43 bits per heavy atom. The Kier molecular flexibility index (Phi) is 10.9. The van der Waals surface area contributed by atoms with Crippen molar-refractivity contribution in [3.05, 3.63) is 11.8 Å². The zero-order valence-corrected chi connectivity index (χ0v) is 17.7. The van der Waals surface area contributed by atoms with Gasteiger partial charge in [0.2, 0.25) is 0 Å². The molecule has 1 aliphatic rings. The second-order valence-electron chi connectivity index (χ2n) is 6.87. The van der Waals surface area contributed by atoms with Crippen LogP contribution in [0.2, 0.25) is 13.3 Å². The molecule has 0 spiro atoms. The third kappa shape index (κ3) is 7.95. The summed E-state index contributed by atoms with van der Waals surface area (Å²) in [6.07, 6.45) is 17.2. The summed E-state index contributed by atoms with van der Waals surface area (Å²) in [4.78, 5) is 0. The molecule has 0 atom stereocenters. The molecule has 0 unspecified atom stereocenters. The van der Waals surface area contributed by atoms with Crippen molar-refractivity contribution >= 4 is 18.8 Å². The zero-order chi connectivity index (χ0) is 15.4. The third-order valence-electron chi connectivity index (χ3n) is 4.80. The minimum atomic E-state index is -2.39. The molecule has 1 aliphatic carbocycles. The molecule has 21 heavy (non-hydrogen) atoms. The van der Waals surface area contributed by atoms with Gasteiger partial charge in [0.05, 0.1) is 0 Å². The maximum absolute atomic E-state index is 6.94. The van der Waals surface area contributed by atoms with E-state index in [1.165, 1.54) is 89.7 Å². The van der Waals surface area contributed by atoms with Gasteiger partial charge in [-0.2, -0.15) is 0 Å². The average molecular weight is 401 g/mol. The summed E-state index contributed by atoms with van der Waals surface area (Å²) in [7, 11) is 0. The van der Waals surface area contributed by atoms with Crippen molar-refractivity contribution in [3.63, 3.8) is 0 Å². The Morgan fingerprint density at radius 1 is 0.857 bits per heavy atom. The van der Waals surface area contributed by atoms with E-state index in [0.717, 1.165) is 0 Å². The van der Waals surface area contributed by atoms with Crippen LogP contribution in [0.25, 0.3) is 0 Å². The monoisotopic (exact) mass is 402 g/mol. The molecule has 0 aromatic rings. The van der Waals surface area contributed by atoms with Gasteiger partial charge in [0.15, 0.2) is 0 Å². The second kappa shape index (κ2) is 11.8. The fourth-order valence-corrected chi connectivity index (χ4v) is 17.1. The van der Waals surface area contributed by atoms with Crippen LogP contribution in [-0.4, -0.2) is 18.8 Å². The SMILES string of the molecule is CCC[CH2][Sn]([CH2]CCC)([CH2]CCC)[O]C1=CCCCCC1. The summed E-state index contributed by atoms with van der Waals surface area (Å²) in [5, 5.41) is 0. The summed E-state index contributed by atoms with van der Waals surface area (Å²) < 4.78 is 11.3. The van der Waals surface area contributed by atoms with Crippen molar-refractivity contribution in [1.29, 1.82) is 0 Å². The molecular weight excluding hydrogens is 363 g/mol. The first-order valence-electron chi connectivity index (χ1n) is 9.64. The first kappa shape index (κ1) is 19.4. The maximum atomic E-state index is 6.94. The Labute approximate surface area is 138 Å². The summed E-state index contributed by atoms with van der Waals surface area (Å²) in [5.74, 6) is 1.41. The van der Waals surface area contributed by atoms with Crippen LogP contribution < -0.4 is 0 Å². The number of hydrogen-bond acceptors (Lipinski definition) is 1. The molecule has 0 heterocycles. The number of allylic oxidation sites excluding steroid dienone is 2. The quantitative estimate of drug-likeness (QED) is 0.333. The van der Waals surface area contributed by atoms with Gasteiger partial charge in [0, 0.05) is 0 Å². The fraction of sp³-hybridized carbons (Fsp3) is 0.895. The number of rotatable bonds is 11. The van der Waals surface area contributed by atoms with Gasteiger partial charge in [-0.3, -0.25) is 0 Å². The van der Waals surface area contributed by atoms with Gasteiger partial charge in [-0.15, -0.1) is 0 Å². The molecular formula is C19H38OSn. The van der Waals surface area contributed by atoms with E-state index >= 15 is 0 Å². The molecule has 2 heteroatoms. The van der Waals surface area contributed by atoms with E-state index in [0.29, 0.717) is 0 Å². The molecule has 124 valence electrons. The normalized spacial score (nSPS) is 16.4. The van der Waals surface area contributed by atoms with Crippen molar-refractivity contribution in [2.24, 2.45) is 0 Å². The summed E-state index contributed by atoms with van der Waals surface area (Å²) in [6.45, 7) is 7.00. The Bertz CT molecular complexity index is 264. The van der Waals surface area contributed by atoms with E-state index in [1.807, 2.05) is 0 Å². The summed E-state index contributed by atoms with van der Waals surface area (Å²) in [5.41, 5.74) is 0. The van der Waals surface area contributed by atoms with Gasteiger partial charge in [0.25, 0.3) is 0 Å². The van der Waals surface area contributed by atoms with Crippen LogP contribution in [0.15, 0.2) is 11.8 Å². The van der Waals surface area contributed by atoms with Gasteiger partial charge < -0.3 is 0 Å². The fourth-order valence-electron chi connectivity index (χ4n) is 3.38. The molecule has 1 nitrogen and oxygen atoms in total. The van der Waals surface area contributed by atoms with E-state index in [9.17, 15) is 0 Å². The zero-order valence-electron chi connectivity index (χ0n) is 14.9. The van der Waals surface area contributed by atoms with E-state index in [2.05, 4.69) is 26.8 Å². The van der Waals surface area contributed by atoms with E-state index in [-0.39, 0.29) is 0 Å². The molecule has 0 bridgehead atoms. The standard InChI is InChI=1S/C7H12O.3C4H9.Sn/c8-7-5-3-1-2-4-6-7;3*1-3-4-2;/h5,8H,1-4,6H2;3*1,3-4H2,2H3;/q;;;;+1/p-1. The van der Waals surface area contributed by atoms with E-state index in [1.54, 1.807) is 0 Å². The Hall–Kier alpha value is 0.339. The second-order valence-corrected chi connectivity index (χ2v) is 18.5. The van der Waals surface area contributed by atoms with Crippen LogP contribution in [0.1, 0.15) is 91.4 Å². The third-order valence-corrected chi connectivity index (χ3v) is 17.6. The molecule has 1 rings (SSSR count). The molecule has 0 N–H and O–H groups in total. The van der Waals surface area contributed by atoms with Crippen molar-refractivity contribution in [3.8, 4) is 0 Å². The average Bonchev–Trinajstić information content (AvgIpc) is 2.77. The van der Waals surface area contributed by atoms with Gasteiger partial charge in [0.1, 0.15) is 0 Å². The minimum absolute atomic E-state index is 1.23. The number of unbranched alkanes of at least 4 members (excludes halogenated alkanes) is 3. The molecule has 0 aromatic heterocycles. The Morgan fingerprint density at radius 3 is 1.95 bits per heavy atom. The number of hydrogen-bond donors (Lipinski definition) is 0. The molecule has 0 aromatic carbocycles. The predicted octanol–water partition coefficient (Wildman–Crippen LogP) is 7.20. The summed E-state index contributed by atoms with van der Waals surface area (Å²) >= 11 is -2.39. The van der Waals surface area contributed by atoms with E-state index < -0.39 is 18.8 Å². The van der Waals surface area contributed by atoms with Crippen molar-refractivity contribution in [2.45, 2.75) is 105 Å². The van der Waals surface area contributed by atoms with Crippen LogP contribution in [0.4, 0.5) is 0 Å². The van der Waals surface area contributed by atoms with Gasteiger partial charge >= 0.3 is 138 Å². The molecule has 0 fully saturated rings. The summed E-state index contributed by atoms with van der Waals surface area (Å²) in [6, 6.07) is 0. The topological polar surface area (TPSA) is 9.23 Å². The van der Waals surface area contributed by atoms with Gasteiger partial charge in [-0.05, 0) is 0 Å². The molecule has 0 saturated heterocycles. The van der Waals surface area contributed by atoms with Crippen LogP contribution in [0, 0.1) is 0 Å². The molecule has 0 saturated carbocycles. The predicted molar refractivity (Wildman–Crippen MR) is 97.2 cm³/mol. The van der Waals surface area contributed by atoms with Gasteiger partial charge in [-0.1, -0.05) is 0 Å². The first-order valence-corrected chi connectivity index (χ1v) is 16.9. The van der Waals surface area contributed by atoms with Crippen LogP contribution in [0.3, 0.4) is 0 Å². The van der Waals surface area contributed by atoms with Crippen molar-refractivity contribution < 1.29 is 3.07 Å². The van der Waals surface area contributed by atoms with Gasteiger partial charge in [-0.25, -0.2) is 0 Å². The van der Waals surface area contributed by atoms with Crippen molar-refractivity contribution in [1.82, 2.24) is 0 Å². The molecule has 0 aliphatic heterocycles. The molecule has 0 amide bonds. The van der Waals surface area contributed by atoms with Crippen LogP contribution in [0.5, 0.6) is 0 Å². The van der Waals surface area contributed by atoms with Crippen molar-refractivity contribution in [2.75, 3.05) is 0 Å². The first-order chi connectivity index (χ1) is 10.3. The van der Waals surface area contributed by atoms with E-state index in [4.69, 9.17) is 3.07 Å². The molecule has 0 radical (unpaired) electrons.